The van der Waals surface area contributed by atoms with Gasteiger partial charge in [-0.15, -0.1) is 0 Å². The molecule has 0 atom stereocenters. The van der Waals surface area contributed by atoms with Gasteiger partial charge in [-0.3, -0.25) is 14.5 Å². The molecule has 0 aliphatic carbocycles. The van der Waals surface area contributed by atoms with Crippen LogP contribution in [0, 0.1) is 0 Å². The van der Waals surface area contributed by atoms with E-state index in [0.29, 0.717) is 30.7 Å². The predicted molar refractivity (Wildman–Crippen MR) is 125 cm³/mol. The van der Waals surface area contributed by atoms with E-state index in [2.05, 4.69) is 4.98 Å². The minimum Gasteiger partial charge on any atom is -0.423 e. The molecule has 0 unspecified atom stereocenters. The minimum atomic E-state index is -0.434. The van der Waals surface area contributed by atoms with Gasteiger partial charge in [0.15, 0.2) is 0 Å². The molecule has 3 aromatic carbocycles. The molecule has 0 radical (unpaired) electrons. The van der Waals surface area contributed by atoms with Crippen molar-refractivity contribution in [1.82, 2.24) is 9.88 Å². The molecular formula is C27H20N2O4. The largest absolute Gasteiger partial charge is 0.423 e. The Morgan fingerprint density at radius 2 is 1.36 bits per heavy atom. The highest BCUT2D eigenvalue weighted by Crippen LogP contribution is 2.27. The molecule has 2 amide bonds. The number of aromatic nitrogens is 1. The van der Waals surface area contributed by atoms with E-state index in [0.717, 1.165) is 27.4 Å². The monoisotopic (exact) mass is 436 g/mol. The summed E-state index contributed by atoms with van der Waals surface area (Å²) in [6.45, 7) is 0.379. The van der Waals surface area contributed by atoms with Gasteiger partial charge in [-0.05, 0) is 42.7 Å². The van der Waals surface area contributed by atoms with Gasteiger partial charge in [0.2, 0.25) is 0 Å². The molecule has 33 heavy (non-hydrogen) atoms. The van der Waals surface area contributed by atoms with Gasteiger partial charge in [0.25, 0.3) is 11.8 Å². The Labute approximate surface area is 190 Å². The van der Waals surface area contributed by atoms with Crippen LogP contribution in [-0.2, 0) is 16.0 Å². The average molecular weight is 436 g/mol. The second-order valence-corrected chi connectivity index (χ2v) is 7.82. The topological polar surface area (TPSA) is 76.6 Å². The van der Waals surface area contributed by atoms with Gasteiger partial charge >= 0.3 is 5.97 Å². The summed E-state index contributed by atoms with van der Waals surface area (Å²) in [4.78, 5) is 42.3. The number of ether oxygens (including phenoxy) is 1. The first-order chi connectivity index (χ1) is 16.1. The lowest BCUT2D eigenvalue weighted by Gasteiger charge is -2.13. The average Bonchev–Trinajstić information content (AvgIpc) is 3.15. The lowest BCUT2D eigenvalue weighted by molar-refractivity contribution is -0.136. The van der Waals surface area contributed by atoms with E-state index >= 15 is 0 Å². The number of hydrogen-bond acceptors (Lipinski definition) is 5. The van der Waals surface area contributed by atoms with Gasteiger partial charge in [-0.25, -0.2) is 9.78 Å². The number of carbonyl (C=O) groups is 3. The summed E-state index contributed by atoms with van der Waals surface area (Å²) in [6.07, 6.45) is 3.94. The van der Waals surface area contributed by atoms with Crippen LogP contribution in [0.15, 0.2) is 84.9 Å². The molecule has 4 aromatic rings. The number of para-hydroxylation sites is 2. The minimum absolute atomic E-state index is 0.265. The number of carbonyl (C=O) groups excluding carboxylic acids is 3. The Bertz CT molecular complexity index is 1350. The zero-order chi connectivity index (χ0) is 22.8. The molecule has 0 saturated heterocycles. The number of rotatable bonds is 6. The molecule has 0 spiro atoms. The van der Waals surface area contributed by atoms with E-state index in [4.69, 9.17) is 4.74 Å². The molecule has 6 heteroatoms. The van der Waals surface area contributed by atoms with Gasteiger partial charge in [0.1, 0.15) is 5.75 Å². The molecule has 2 heterocycles. The molecule has 0 N–H and O–H groups in total. The third-order valence-electron chi connectivity index (χ3n) is 5.67. The normalized spacial score (nSPS) is 13.3. The molecule has 0 bridgehead atoms. The van der Waals surface area contributed by atoms with E-state index in [-0.39, 0.29) is 11.8 Å². The fourth-order valence-corrected chi connectivity index (χ4v) is 4.03. The van der Waals surface area contributed by atoms with Crippen LogP contribution >= 0.6 is 0 Å². The summed E-state index contributed by atoms with van der Waals surface area (Å²) < 4.78 is 5.71. The van der Waals surface area contributed by atoms with Gasteiger partial charge in [-0.2, -0.15) is 0 Å². The Morgan fingerprint density at radius 1 is 0.788 bits per heavy atom. The van der Waals surface area contributed by atoms with E-state index < -0.39 is 5.97 Å². The number of fused-ring (bicyclic) bond motifs is 2. The molecule has 1 aliphatic rings. The predicted octanol–water partition coefficient (Wildman–Crippen LogP) is 4.46. The maximum Gasteiger partial charge on any atom is 0.344 e. The Kier molecular flexibility index (Phi) is 5.40. The van der Waals surface area contributed by atoms with Crippen LogP contribution in [0.4, 0.5) is 0 Å². The number of aryl methyl sites for hydroxylation is 1. The summed E-state index contributed by atoms with van der Waals surface area (Å²) in [5, 5.41) is 1.50. The molecule has 0 fully saturated rings. The zero-order valence-electron chi connectivity index (χ0n) is 17.7. The standard InChI is InChI=1S/C27H20N2O4/c30-24-15-16-25(31)29(24)17-5-6-18-11-13-19(14-12-18)33-27(32)26-20-7-1-3-9-22(20)28-23-10-4-2-8-21(23)26/h1-4,7-16H,5-6,17H2. The van der Waals surface area contributed by atoms with Crippen LogP contribution < -0.4 is 4.74 Å². The highest BCUT2D eigenvalue weighted by atomic mass is 16.5. The third kappa shape index (κ3) is 4.11. The first kappa shape index (κ1) is 20.6. The molecule has 1 aliphatic heterocycles. The lowest BCUT2D eigenvalue weighted by Crippen LogP contribution is -2.31. The SMILES string of the molecule is O=C(Oc1ccc(CCCN2C(=O)C=CC2=O)cc1)c1c2ccccc2nc2ccccc12. The number of hydrogen-bond donors (Lipinski definition) is 0. The van der Waals surface area contributed by atoms with Crippen LogP contribution in [0.3, 0.4) is 0 Å². The van der Waals surface area contributed by atoms with Crippen molar-refractivity contribution in [1.29, 1.82) is 0 Å². The van der Waals surface area contributed by atoms with Gasteiger partial charge in [0.05, 0.1) is 16.6 Å². The van der Waals surface area contributed by atoms with Crippen molar-refractivity contribution in [3.8, 4) is 5.75 Å². The van der Waals surface area contributed by atoms with Crippen molar-refractivity contribution in [3.63, 3.8) is 0 Å². The smallest absolute Gasteiger partial charge is 0.344 e. The summed E-state index contributed by atoms with van der Waals surface area (Å²) >= 11 is 0. The first-order valence-electron chi connectivity index (χ1n) is 10.7. The molecule has 0 saturated carbocycles. The summed E-state index contributed by atoms with van der Waals surface area (Å²) in [7, 11) is 0. The molecule has 5 rings (SSSR count). The van der Waals surface area contributed by atoms with Gasteiger partial charge in [0, 0.05) is 29.5 Å². The van der Waals surface area contributed by atoms with Crippen molar-refractivity contribution in [2.75, 3.05) is 6.54 Å². The fraction of sp³-hybridized carbons (Fsp3) is 0.111. The Hall–Kier alpha value is -4.32. The summed E-state index contributed by atoms with van der Waals surface area (Å²) in [6, 6.07) is 22.3. The van der Waals surface area contributed by atoms with Crippen molar-refractivity contribution < 1.29 is 19.1 Å². The third-order valence-corrected chi connectivity index (χ3v) is 5.67. The van der Waals surface area contributed by atoms with E-state index in [1.165, 1.54) is 17.1 Å². The highest BCUT2D eigenvalue weighted by molar-refractivity contribution is 6.15. The fourth-order valence-electron chi connectivity index (χ4n) is 4.03. The second-order valence-electron chi connectivity index (χ2n) is 7.82. The number of amides is 2. The second kappa shape index (κ2) is 8.67. The summed E-state index contributed by atoms with van der Waals surface area (Å²) in [5.41, 5.74) is 3.00. The molecule has 6 nitrogen and oxygen atoms in total. The Balaban J connectivity index is 1.31. The number of benzene rings is 3. The quantitative estimate of drug-likeness (QED) is 0.193. The number of imide groups is 1. The summed E-state index contributed by atoms with van der Waals surface area (Å²) in [5.74, 6) is -0.518. The van der Waals surface area contributed by atoms with Crippen LogP contribution in [0.25, 0.3) is 21.8 Å². The van der Waals surface area contributed by atoms with Crippen molar-refractivity contribution >= 4 is 39.6 Å². The van der Waals surface area contributed by atoms with Crippen LogP contribution in [0.1, 0.15) is 22.3 Å². The van der Waals surface area contributed by atoms with Gasteiger partial charge in [-0.1, -0.05) is 48.5 Å². The Morgan fingerprint density at radius 3 is 1.97 bits per heavy atom. The number of pyridine rings is 1. The van der Waals surface area contributed by atoms with Gasteiger partial charge < -0.3 is 4.74 Å². The van der Waals surface area contributed by atoms with Crippen LogP contribution in [0.5, 0.6) is 5.75 Å². The number of esters is 1. The van der Waals surface area contributed by atoms with Crippen molar-refractivity contribution in [2.45, 2.75) is 12.8 Å². The first-order valence-corrected chi connectivity index (χ1v) is 10.7. The van der Waals surface area contributed by atoms with Crippen LogP contribution in [-0.4, -0.2) is 34.2 Å². The lowest BCUT2D eigenvalue weighted by atomic mass is 10.0. The zero-order valence-corrected chi connectivity index (χ0v) is 17.7. The van der Waals surface area contributed by atoms with Crippen molar-refractivity contribution in [2.24, 2.45) is 0 Å². The van der Waals surface area contributed by atoms with Crippen LogP contribution in [0.2, 0.25) is 0 Å². The van der Waals surface area contributed by atoms with E-state index in [9.17, 15) is 14.4 Å². The maximum absolute atomic E-state index is 13.2. The molecule has 162 valence electrons. The highest BCUT2D eigenvalue weighted by Gasteiger charge is 2.22. The maximum atomic E-state index is 13.2. The van der Waals surface area contributed by atoms with Crippen molar-refractivity contribution in [3.05, 3.63) is 96.1 Å². The van der Waals surface area contributed by atoms with E-state index in [1.807, 2.05) is 60.7 Å². The van der Waals surface area contributed by atoms with E-state index in [1.54, 1.807) is 12.1 Å². The molecule has 1 aromatic heterocycles. The molecular weight excluding hydrogens is 416 g/mol. The number of nitrogens with zero attached hydrogens (tertiary/aromatic N) is 2.